The zero-order valence-corrected chi connectivity index (χ0v) is 16.3. The van der Waals surface area contributed by atoms with E-state index in [2.05, 4.69) is 16.4 Å². The number of aromatic amines is 1. The number of rotatable bonds is 5. The number of methoxy groups -OCH3 is 1. The van der Waals surface area contributed by atoms with Gasteiger partial charge in [-0.25, -0.2) is 4.79 Å². The number of H-pyrrole nitrogens is 1. The third-order valence-electron chi connectivity index (χ3n) is 5.81. The second-order valence-corrected chi connectivity index (χ2v) is 8.49. The number of aryl methyl sites for hydroxylation is 1. The molecule has 1 aliphatic carbocycles. The molecule has 6 heteroatoms. The fourth-order valence-corrected chi connectivity index (χ4v) is 5.36. The summed E-state index contributed by atoms with van der Waals surface area (Å²) in [5.41, 5.74) is 3.91. The SMILES string of the molecule is COC(=O)c1c(C)[nH]c(C(=O)C[NH+]2CCc3sccc3[C@H]2C2CC2)c1C. The summed E-state index contributed by atoms with van der Waals surface area (Å²) in [5.74, 6) is 0.406. The number of hydrogen-bond donors (Lipinski definition) is 2. The van der Waals surface area contributed by atoms with Crippen LogP contribution < -0.4 is 4.90 Å². The van der Waals surface area contributed by atoms with Crippen LogP contribution in [0.25, 0.3) is 0 Å². The third-order valence-corrected chi connectivity index (χ3v) is 6.81. The molecule has 4 rings (SSSR count). The van der Waals surface area contributed by atoms with E-state index >= 15 is 0 Å². The predicted molar refractivity (Wildman–Crippen MR) is 100 cm³/mol. The summed E-state index contributed by atoms with van der Waals surface area (Å²) in [5, 5.41) is 2.19. The van der Waals surface area contributed by atoms with Crippen molar-refractivity contribution in [1.29, 1.82) is 0 Å². The van der Waals surface area contributed by atoms with Crippen molar-refractivity contribution in [3.8, 4) is 0 Å². The highest BCUT2D eigenvalue weighted by Crippen LogP contribution is 2.42. The van der Waals surface area contributed by atoms with Gasteiger partial charge < -0.3 is 14.6 Å². The summed E-state index contributed by atoms with van der Waals surface area (Å²) in [4.78, 5) is 31.0. The number of aromatic nitrogens is 1. The number of ether oxygens (including phenoxy) is 1. The maximum absolute atomic E-state index is 13.0. The Hall–Kier alpha value is -1.92. The Balaban J connectivity index is 1.58. The zero-order chi connectivity index (χ0) is 18.4. The third kappa shape index (κ3) is 2.91. The average molecular weight is 373 g/mol. The minimum absolute atomic E-state index is 0.0834. The fraction of sp³-hybridized carbons (Fsp3) is 0.500. The van der Waals surface area contributed by atoms with E-state index in [0.29, 0.717) is 41.0 Å². The van der Waals surface area contributed by atoms with Crippen LogP contribution in [-0.2, 0) is 11.2 Å². The summed E-state index contributed by atoms with van der Waals surface area (Å²) in [6.45, 7) is 5.11. The Morgan fingerprint density at radius 2 is 2.12 bits per heavy atom. The molecule has 26 heavy (non-hydrogen) atoms. The van der Waals surface area contributed by atoms with Gasteiger partial charge >= 0.3 is 5.97 Å². The predicted octanol–water partition coefficient (Wildman–Crippen LogP) is 2.25. The van der Waals surface area contributed by atoms with Crippen molar-refractivity contribution in [2.24, 2.45) is 5.92 Å². The lowest BCUT2D eigenvalue weighted by atomic mass is 9.95. The monoisotopic (exact) mass is 373 g/mol. The molecule has 2 N–H and O–H groups in total. The van der Waals surface area contributed by atoms with E-state index in [9.17, 15) is 9.59 Å². The number of ketones is 1. The molecule has 2 aromatic heterocycles. The molecule has 5 nitrogen and oxygen atoms in total. The van der Waals surface area contributed by atoms with E-state index < -0.39 is 0 Å². The number of thiophene rings is 1. The molecule has 2 aliphatic rings. The number of hydrogen-bond acceptors (Lipinski definition) is 4. The summed E-state index contributed by atoms with van der Waals surface area (Å²) in [7, 11) is 1.37. The van der Waals surface area contributed by atoms with E-state index in [0.717, 1.165) is 13.0 Å². The number of quaternary nitrogens is 1. The lowest BCUT2D eigenvalue weighted by molar-refractivity contribution is -0.928. The highest BCUT2D eigenvalue weighted by atomic mass is 32.1. The molecule has 0 bridgehead atoms. The van der Waals surface area contributed by atoms with Gasteiger partial charge in [0.1, 0.15) is 12.6 Å². The van der Waals surface area contributed by atoms with E-state index in [4.69, 9.17) is 4.74 Å². The van der Waals surface area contributed by atoms with Gasteiger partial charge in [-0.1, -0.05) is 0 Å². The summed E-state index contributed by atoms with van der Waals surface area (Å²) < 4.78 is 4.85. The fourth-order valence-electron chi connectivity index (χ4n) is 4.43. The van der Waals surface area contributed by atoms with Crippen LogP contribution in [0.1, 0.15) is 61.4 Å². The number of Topliss-reactive ketones (excluding diaryl/α,β-unsaturated/α-hetero) is 1. The van der Waals surface area contributed by atoms with Crippen molar-refractivity contribution in [3.63, 3.8) is 0 Å². The van der Waals surface area contributed by atoms with Gasteiger partial charge in [0.05, 0.1) is 24.9 Å². The van der Waals surface area contributed by atoms with Crippen molar-refractivity contribution in [3.05, 3.63) is 44.4 Å². The Morgan fingerprint density at radius 1 is 1.35 bits per heavy atom. The van der Waals surface area contributed by atoms with Crippen LogP contribution in [0.15, 0.2) is 11.4 Å². The number of carbonyl (C=O) groups is 2. The molecular formula is C20H25N2O3S+. The standard InChI is InChI=1S/C20H24N2O3S/c1-11-17(20(24)25-3)12(2)21-18(11)15(23)10-22-8-6-16-14(7-9-26-16)19(22)13-4-5-13/h7,9,13,19,21H,4-6,8,10H2,1-3H3/p+1/t19-/m1/s1. The smallest absolute Gasteiger partial charge is 0.339 e. The van der Waals surface area contributed by atoms with Gasteiger partial charge in [-0.05, 0) is 43.7 Å². The highest BCUT2D eigenvalue weighted by Gasteiger charge is 2.44. The summed E-state index contributed by atoms with van der Waals surface area (Å²) in [6.07, 6.45) is 3.59. The first-order valence-corrected chi connectivity index (χ1v) is 10.1. The van der Waals surface area contributed by atoms with E-state index in [1.54, 1.807) is 0 Å². The van der Waals surface area contributed by atoms with Crippen LogP contribution in [0.5, 0.6) is 0 Å². The minimum Gasteiger partial charge on any atom is -0.465 e. The lowest BCUT2D eigenvalue weighted by Crippen LogP contribution is -3.14. The highest BCUT2D eigenvalue weighted by molar-refractivity contribution is 7.10. The molecule has 0 amide bonds. The van der Waals surface area contributed by atoms with Gasteiger partial charge in [-0.3, -0.25) is 4.79 Å². The van der Waals surface area contributed by atoms with Crippen LogP contribution in [-0.4, -0.2) is 36.9 Å². The van der Waals surface area contributed by atoms with E-state index in [1.165, 1.54) is 35.3 Å². The van der Waals surface area contributed by atoms with E-state index in [-0.39, 0.29) is 11.8 Å². The zero-order valence-electron chi connectivity index (χ0n) is 15.5. The Morgan fingerprint density at radius 3 is 2.81 bits per heavy atom. The molecular weight excluding hydrogens is 348 g/mol. The largest absolute Gasteiger partial charge is 0.465 e. The van der Waals surface area contributed by atoms with Crippen LogP contribution in [0, 0.1) is 19.8 Å². The molecule has 138 valence electrons. The maximum Gasteiger partial charge on any atom is 0.339 e. The first-order valence-electron chi connectivity index (χ1n) is 9.22. The molecule has 0 saturated heterocycles. The molecule has 2 aromatic rings. The molecule has 0 radical (unpaired) electrons. The van der Waals surface area contributed by atoms with Gasteiger partial charge in [-0.2, -0.15) is 0 Å². The first kappa shape index (κ1) is 17.5. The minimum atomic E-state index is -0.389. The molecule has 1 saturated carbocycles. The van der Waals surface area contributed by atoms with Crippen LogP contribution in [0.4, 0.5) is 0 Å². The van der Waals surface area contributed by atoms with Crippen molar-refractivity contribution >= 4 is 23.1 Å². The average Bonchev–Trinajstić information content (AvgIpc) is 3.26. The van der Waals surface area contributed by atoms with Crippen molar-refractivity contribution < 1.29 is 19.2 Å². The summed E-state index contributed by atoms with van der Waals surface area (Å²) >= 11 is 1.85. The van der Waals surface area contributed by atoms with Gasteiger partial charge in [0.2, 0.25) is 5.78 Å². The Bertz CT molecular complexity index is 863. The summed E-state index contributed by atoms with van der Waals surface area (Å²) in [6, 6.07) is 2.71. The molecule has 1 aliphatic heterocycles. The maximum atomic E-state index is 13.0. The molecule has 3 heterocycles. The van der Waals surface area contributed by atoms with E-state index in [1.807, 2.05) is 25.2 Å². The number of carbonyl (C=O) groups excluding carboxylic acids is 2. The molecule has 0 aromatic carbocycles. The number of esters is 1. The normalized spacial score (nSPS) is 22.1. The van der Waals surface area contributed by atoms with Crippen LogP contribution in [0.2, 0.25) is 0 Å². The van der Waals surface area contributed by atoms with Gasteiger partial charge in [-0.15, -0.1) is 11.3 Å². The van der Waals surface area contributed by atoms with Gasteiger partial charge in [0, 0.05) is 28.5 Å². The van der Waals surface area contributed by atoms with Crippen LogP contribution in [0.3, 0.4) is 0 Å². The molecule has 1 unspecified atom stereocenters. The van der Waals surface area contributed by atoms with Gasteiger partial charge in [0.25, 0.3) is 0 Å². The topological polar surface area (TPSA) is 63.6 Å². The lowest BCUT2D eigenvalue weighted by Gasteiger charge is -2.32. The van der Waals surface area contributed by atoms with Crippen molar-refractivity contribution in [2.75, 3.05) is 20.2 Å². The molecule has 0 spiro atoms. The quantitative estimate of drug-likeness (QED) is 0.624. The number of nitrogens with one attached hydrogen (secondary N) is 2. The Kier molecular flexibility index (Phi) is 4.49. The second-order valence-electron chi connectivity index (χ2n) is 7.49. The van der Waals surface area contributed by atoms with Crippen LogP contribution >= 0.6 is 11.3 Å². The van der Waals surface area contributed by atoms with Crippen molar-refractivity contribution in [2.45, 2.75) is 39.2 Å². The molecule has 2 atom stereocenters. The number of fused-ring (bicyclic) bond motifs is 1. The molecule has 1 fully saturated rings. The Labute approximate surface area is 157 Å². The van der Waals surface area contributed by atoms with Gasteiger partial charge in [0.15, 0.2) is 0 Å². The first-order chi connectivity index (χ1) is 12.5. The van der Waals surface area contributed by atoms with Crippen molar-refractivity contribution in [1.82, 2.24) is 4.98 Å². The second kappa shape index (κ2) is 6.67.